The fraction of sp³-hybridized carbons (Fsp3) is 0.571. The van der Waals surface area contributed by atoms with E-state index in [1.807, 2.05) is 0 Å². The van der Waals surface area contributed by atoms with Crippen molar-refractivity contribution in [1.82, 2.24) is 9.55 Å². The number of fused-ring (bicyclic) bond motifs is 1. The van der Waals surface area contributed by atoms with Crippen molar-refractivity contribution in [3.63, 3.8) is 0 Å². The summed E-state index contributed by atoms with van der Waals surface area (Å²) in [6, 6.07) is 1.34. The molecule has 2 N–H and O–H groups in total. The van der Waals surface area contributed by atoms with E-state index in [1.165, 1.54) is 12.3 Å². The van der Waals surface area contributed by atoms with Gasteiger partial charge in [-0.05, 0) is 6.07 Å². The van der Waals surface area contributed by atoms with Crippen molar-refractivity contribution in [2.24, 2.45) is 5.92 Å². The third-order valence-electron chi connectivity index (χ3n) is 3.83. The molecule has 11 nitrogen and oxygen atoms in total. The highest BCUT2D eigenvalue weighted by atomic mass is 16.8. The molecular weight excluding hydrogens is 338 g/mol. The van der Waals surface area contributed by atoms with Gasteiger partial charge in [-0.2, -0.15) is 4.98 Å². The molecule has 0 unspecified atom stereocenters. The van der Waals surface area contributed by atoms with Gasteiger partial charge in [0.05, 0.1) is 5.92 Å². The molecule has 25 heavy (non-hydrogen) atoms. The van der Waals surface area contributed by atoms with Gasteiger partial charge >= 0.3 is 17.8 Å². The first-order valence-corrected chi connectivity index (χ1v) is 7.59. The van der Waals surface area contributed by atoms with E-state index < -0.39 is 42.4 Å². The van der Waals surface area contributed by atoms with Crippen molar-refractivity contribution in [1.29, 1.82) is 0 Å². The highest BCUT2D eigenvalue weighted by Crippen LogP contribution is 2.37. The van der Waals surface area contributed by atoms with Crippen molar-refractivity contribution in [3.8, 4) is 0 Å². The molecular formula is C14H17N3O8. The number of nitrogens with zero attached hydrogens (tertiary/aromatic N) is 2. The summed E-state index contributed by atoms with van der Waals surface area (Å²) < 4.78 is 22.1. The molecule has 2 saturated heterocycles. The minimum Gasteiger partial charge on any atom is -0.463 e. The lowest BCUT2D eigenvalue weighted by atomic mass is 10.1. The maximum absolute atomic E-state index is 12.1. The average Bonchev–Trinajstić information content (AvgIpc) is 3.10. The summed E-state index contributed by atoms with van der Waals surface area (Å²) in [5.41, 5.74) is 1.03. The Morgan fingerprint density at radius 2 is 2.12 bits per heavy atom. The zero-order valence-electron chi connectivity index (χ0n) is 13.4. The van der Waals surface area contributed by atoms with E-state index in [0.717, 1.165) is 4.57 Å². The molecule has 1 aromatic rings. The second-order valence-electron chi connectivity index (χ2n) is 5.88. The lowest BCUT2D eigenvalue weighted by molar-refractivity contribution is -0.154. The number of hydrogen-bond acceptors (Lipinski definition) is 10. The minimum atomic E-state index is -0.994. The SMILES string of the molecule is CC(C)C(=O)OC[C@H]1O[C@@H](n2ccc(NO)nc2=O)[C@@H]2OC(=O)O[C@@H]21. The van der Waals surface area contributed by atoms with E-state index in [2.05, 4.69) is 4.98 Å². The predicted molar refractivity (Wildman–Crippen MR) is 78.8 cm³/mol. The van der Waals surface area contributed by atoms with Crippen molar-refractivity contribution in [2.75, 3.05) is 12.1 Å². The third-order valence-corrected chi connectivity index (χ3v) is 3.83. The van der Waals surface area contributed by atoms with Crippen molar-refractivity contribution < 1.29 is 33.7 Å². The molecule has 0 aliphatic carbocycles. The first-order chi connectivity index (χ1) is 11.9. The highest BCUT2D eigenvalue weighted by Gasteiger charge is 2.55. The molecule has 0 amide bonds. The van der Waals surface area contributed by atoms with Gasteiger partial charge in [0.1, 0.15) is 12.7 Å². The molecule has 4 atom stereocenters. The maximum Gasteiger partial charge on any atom is 0.509 e. The number of carbonyl (C=O) groups is 2. The Morgan fingerprint density at radius 1 is 1.40 bits per heavy atom. The number of esters is 1. The van der Waals surface area contributed by atoms with Crippen LogP contribution < -0.4 is 11.2 Å². The van der Waals surface area contributed by atoms with Gasteiger partial charge in [0.15, 0.2) is 24.3 Å². The summed E-state index contributed by atoms with van der Waals surface area (Å²) in [5, 5.41) is 8.78. The first kappa shape index (κ1) is 17.2. The Kier molecular flexibility index (Phi) is 4.59. The van der Waals surface area contributed by atoms with Crippen LogP contribution in [0.5, 0.6) is 0 Å². The lowest BCUT2D eigenvalue weighted by Gasteiger charge is -2.18. The quantitative estimate of drug-likeness (QED) is 0.550. The van der Waals surface area contributed by atoms with Gasteiger partial charge in [0.2, 0.25) is 0 Å². The second-order valence-corrected chi connectivity index (χ2v) is 5.88. The van der Waals surface area contributed by atoms with Crippen LogP contribution in [0, 0.1) is 5.92 Å². The summed E-state index contributed by atoms with van der Waals surface area (Å²) in [6.07, 6.45) is -3.05. The van der Waals surface area contributed by atoms with Crippen LogP contribution >= 0.6 is 0 Å². The summed E-state index contributed by atoms with van der Waals surface area (Å²) in [6.45, 7) is 3.22. The Balaban J connectivity index is 1.80. The van der Waals surface area contributed by atoms with E-state index in [1.54, 1.807) is 19.3 Å². The van der Waals surface area contributed by atoms with Crippen LogP contribution in [0.1, 0.15) is 20.1 Å². The maximum atomic E-state index is 12.1. The van der Waals surface area contributed by atoms with E-state index in [4.69, 9.17) is 24.2 Å². The van der Waals surface area contributed by atoms with Crippen LogP contribution in [-0.2, 0) is 23.7 Å². The first-order valence-electron chi connectivity index (χ1n) is 7.59. The van der Waals surface area contributed by atoms with E-state index >= 15 is 0 Å². The van der Waals surface area contributed by atoms with Crippen LogP contribution in [-0.4, -0.2) is 51.8 Å². The van der Waals surface area contributed by atoms with Gasteiger partial charge < -0.3 is 18.9 Å². The highest BCUT2D eigenvalue weighted by molar-refractivity contribution is 5.71. The van der Waals surface area contributed by atoms with E-state index in [-0.39, 0.29) is 18.3 Å². The second kappa shape index (κ2) is 6.69. The predicted octanol–water partition coefficient (Wildman–Crippen LogP) is 0.0450. The molecule has 3 heterocycles. The summed E-state index contributed by atoms with van der Waals surface area (Å²) in [7, 11) is 0. The van der Waals surface area contributed by atoms with Crippen LogP contribution in [0.25, 0.3) is 0 Å². The zero-order valence-corrected chi connectivity index (χ0v) is 13.4. The molecule has 0 bridgehead atoms. The van der Waals surface area contributed by atoms with Crippen molar-refractivity contribution >= 4 is 17.9 Å². The van der Waals surface area contributed by atoms with E-state index in [0.29, 0.717) is 0 Å². The van der Waals surface area contributed by atoms with E-state index in [9.17, 15) is 14.4 Å². The number of nitrogens with one attached hydrogen (secondary N) is 1. The normalized spacial score (nSPS) is 27.6. The number of aromatic nitrogens is 2. The molecule has 0 spiro atoms. The molecule has 136 valence electrons. The topological polar surface area (TPSA) is 138 Å². The molecule has 0 radical (unpaired) electrons. The molecule has 1 aromatic heterocycles. The van der Waals surface area contributed by atoms with Gasteiger partial charge in [-0.15, -0.1) is 0 Å². The molecule has 0 saturated carbocycles. The third kappa shape index (κ3) is 3.28. The van der Waals surface area contributed by atoms with Gasteiger partial charge in [-0.1, -0.05) is 13.8 Å². The van der Waals surface area contributed by atoms with Crippen LogP contribution in [0.2, 0.25) is 0 Å². The van der Waals surface area contributed by atoms with Gasteiger partial charge in [0.25, 0.3) is 0 Å². The number of ether oxygens (including phenoxy) is 4. The monoisotopic (exact) mass is 355 g/mol. The number of anilines is 1. The molecule has 0 aromatic carbocycles. The summed E-state index contributed by atoms with van der Waals surface area (Å²) in [4.78, 5) is 38.7. The smallest absolute Gasteiger partial charge is 0.463 e. The minimum absolute atomic E-state index is 0.0436. The van der Waals surface area contributed by atoms with Crippen LogP contribution in [0.4, 0.5) is 10.6 Å². The van der Waals surface area contributed by atoms with Crippen LogP contribution in [0.3, 0.4) is 0 Å². The fourth-order valence-electron chi connectivity index (χ4n) is 2.58. The fourth-order valence-corrected chi connectivity index (χ4v) is 2.58. The zero-order chi connectivity index (χ0) is 18.1. The molecule has 2 fully saturated rings. The number of hydrogen-bond donors (Lipinski definition) is 2. The molecule has 11 heteroatoms. The Morgan fingerprint density at radius 3 is 2.76 bits per heavy atom. The number of carbonyl (C=O) groups excluding carboxylic acids is 2. The average molecular weight is 355 g/mol. The Labute approximate surface area is 141 Å². The Hall–Kier alpha value is -2.66. The van der Waals surface area contributed by atoms with Gasteiger partial charge in [0, 0.05) is 6.20 Å². The van der Waals surface area contributed by atoms with Crippen molar-refractivity contribution in [2.45, 2.75) is 38.4 Å². The number of rotatable bonds is 5. The van der Waals surface area contributed by atoms with Crippen molar-refractivity contribution in [3.05, 3.63) is 22.7 Å². The standard InChI is InChI=1S/C14H17N3O8/c1-6(2)12(18)22-5-7-9-10(25-14(20)24-9)11(23-7)17-4-3-8(16-21)15-13(17)19/h3-4,6-7,9-11,21H,5H2,1-2H3,(H,15,16,19)/t7-,9-,10-,11-/m1/s1. The molecule has 2 aliphatic rings. The summed E-state index contributed by atoms with van der Waals surface area (Å²) >= 11 is 0. The summed E-state index contributed by atoms with van der Waals surface area (Å²) in [5.74, 6) is -0.787. The van der Waals surface area contributed by atoms with Gasteiger partial charge in [-0.3, -0.25) is 20.0 Å². The molecule has 3 rings (SSSR count). The van der Waals surface area contributed by atoms with Crippen LogP contribution in [0.15, 0.2) is 17.1 Å². The Bertz CT molecular complexity index is 733. The largest absolute Gasteiger partial charge is 0.509 e. The molecule has 2 aliphatic heterocycles. The lowest BCUT2D eigenvalue weighted by Crippen LogP contribution is -2.34. The van der Waals surface area contributed by atoms with Gasteiger partial charge in [-0.25, -0.2) is 9.59 Å².